The van der Waals surface area contributed by atoms with Crippen LogP contribution in [0.3, 0.4) is 0 Å². The number of nitrogens with zero attached hydrogens (tertiary/aromatic N) is 5. The van der Waals surface area contributed by atoms with Crippen LogP contribution in [0, 0.1) is 25.2 Å². The molecule has 0 spiro atoms. The maximum Gasteiger partial charge on any atom is 0.306 e. The summed E-state index contributed by atoms with van der Waals surface area (Å²) in [4.78, 5) is 11.1. The fourth-order valence-corrected chi connectivity index (χ4v) is 3.53. The van der Waals surface area contributed by atoms with Gasteiger partial charge in [-0.15, -0.1) is 10.2 Å². The van der Waals surface area contributed by atoms with E-state index in [2.05, 4.69) is 21.4 Å². The van der Waals surface area contributed by atoms with Crippen molar-refractivity contribution in [3.05, 3.63) is 81.5 Å². The summed E-state index contributed by atoms with van der Waals surface area (Å²) in [5, 5.41) is 21.6. The molecule has 2 aromatic heterocycles. The van der Waals surface area contributed by atoms with E-state index < -0.39 is 5.91 Å². The number of amides is 1. The second kappa shape index (κ2) is 8.05. The van der Waals surface area contributed by atoms with Crippen LogP contribution in [0.4, 0.5) is 0 Å². The van der Waals surface area contributed by atoms with Crippen molar-refractivity contribution in [3.63, 3.8) is 0 Å². The van der Waals surface area contributed by atoms with Gasteiger partial charge >= 0.3 is 11.8 Å². The van der Waals surface area contributed by atoms with E-state index in [4.69, 9.17) is 27.0 Å². The maximum atomic E-state index is 11.1. The molecule has 4 rings (SSSR count). The van der Waals surface area contributed by atoms with Crippen LogP contribution in [0.5, 0.6) is 0 Å². The summed E-state index contributed by atoms with van der Waals surface area (Å²) in [6.45, 7) is 3.96. The second-order valence-corrected chi connectivity index (χ2v) is 7.39. The molecular weight excluding hydrogens is 416 g/mol. The lowest BCUT2D eigenvalue weighted by molar-refractivity contribution is 0.0968. The third-order valence-electron chi connectivity index (χ3n) is 4.98. The highest BCUT2D eigenvalue weighted by Crippen LogP contribution is 2.25. The Balaban J connectivity index is 1.59. The molecule has 0 unspecified atom stereocenters. The molecule has 0 fully saturated rings. The minimum atomic E-state index is -0.762. The van der Waals surface area contributed by atoms with Gasteiger partial charge in [0, 0.05) is 23.2 Å². The van der Waals surface area contributed by atoms with E-state index in [1.54, 1.807) is 12.1 Å². The van der Waals surface area contributed by atoms with Crippen LogP contribution in [-0.2, 0) is 6.42 Å². The molecule has 2 N–H and O–H groups in total. The fourth-order valence-electron chi connectivity index (χ4n) is 3.32. The normalized spacial score (nSPS) is 10.8. The predicted molar refractivity (Wildman–Crippen MR) is 114 cm³/mol. The standard InChI is InChI=1S/C22H17ClN6O2/c1-12-18(13(2)29(28-12)17-8-7-16(11-24)19(23)10-17)9-14-3-5-15(6-4-14)21-26-27-22(31-21)20(25)30/h3-8,10H,9H2,1-2H3,(H2,25,30). The Kier molecular flexibility index (Phi) is 5.28. The van der Waals surface area contributed by atoms with Crippen molar-refractivity contribution >= 4 is 17.5 Å². The Labute approximate surface area is 182 Å². The summed E-state index contributed by atoms with van der Waals surface area (Å²) in [6, 6.07) is 14.9. The fraction of sp³-hybridized carbons (Fsp3) is 0.136. The molecule has 9 heteroatoms. The van der Waals surface area contributed by atoms with Gasteiger partial charge in [0.25, 0.3) is 0 Å². The second-order valence-electron chi connectivity index (χ2n) is 6.99. The first kappa shape index (κ1) is 20.3. The molecule has 154 valence electrons. The Hall–Kier alpha value is -3.96. The van der Waals surface area contributed by atoms with E-state index in [-0.39, 0.29) is 11.8 Å². The lowest BCUT2D eigenvalue weighted by Crippen LogP contribution is -2.10. The average Bonchev–Trinajstić information content (AvgIpc) is 3.35. The molecule has 4 aromatic rings. The highest BCUT2D eigenvalue weighted by atomic mass is 35.5. The number of carbonyl (C=O) groups is 1. The van der Waals surface area contributed by atoms with Crippen molar-refractivity contribution in [2.24, 2.45) is 5.73 Å². The van der Waals surface area contributed by atoms with Crippen LogP contribution in [0.25, 0.3) is 17.1 Å². The van der Waals surface area contributed by atoms with Crippen LogP contribution >= 0.6 is 11.6 Å². The summed E-state index contributed by atoms with van der Waals surface area (Å²) < 4.78 is 7.09. The quantitative estimate of drug-likeness (QED) is 0.512. The van der Waals surface area contributed by atoms with Crippen molar-refractivity contribution in [2.75, 3.05) is 0 Å². The summed E-state index contributed by atoms with van der Waals surface area (Å²) in [7, 11) is 0. The molecule has 0 atom stereocenters. The van der Waals surface area contributed by atoms with Gasteiger partial charge in [0.2, 0.25) is 5.89 Å². The molecule has 2 heterocycles. The third kappa shape index (κ3) is 3.91. The minimum Gasteiger partial charge on any atom is -0.412 e. The Morgan fingerprint density at radius 3 is 2.55 bits per heavy atom. The maximum absolute atomic E-state index is 11.1. The van der Waals surface area contributed by atoms with Gasteiger partial charge < -0.3 is 10.2 Å². The topological polar surface area (TPSA) is 124 Å². The largest absolute Gasteiger partial charge is 0.412 e. The molecule has 8 nitrogen and oxygen atoms in total. The van der Waals surface area contributed by atoms with Gasteiger partial charge in [-0.3, -0.25) is 4.79 Å². The lowest BCUT2D eigenvalue weighted by atomic mass is 10.0. The first-order valence-corrected chi connectivity index (χ1v) is 9.73. The molecule has 0 bridgehead atoms. The highest BCUT2D eigenvalue weighted by Gasteiger charge is 2.16. The third-order valence-corrected chi connectivity index (χ3v) is 5.29. The highest BCUT2D eigenvalue weighted by molar-refractivity contribution is 6.31. The smallest absolute Gasteiger partial charge is 0.306 e. The summed E-state index contributed by atoms with van der Waals surface area (Å²) >= 11 is 6.19. The monoisotopic (exact) mass is 432 g/mol. The number of carbonyl (C=O) groups excluding carboxylic acids is 1. The molecule has 0 aliphatic rings. The molecule has 31 heavy (non-hydrogen) atoms. The van der Waals surface area contributed by atoms with Crippen LogP contribution in [-0.4, -0.2) is 25.9 Å². The number of nitriles is 1. The van der Waals surface area contributed by atoms with Crippen molar-refractivity contribution in [1.82, 2.24) is 20.0 Å². The number of aromatic nitrogens is 4. The number of nitrogens with two attached hydrogens (primary N) is 1. The summed E-state index contributed by atoms with van der Waals surface area (Å²) in [5.74, 6) is -0.749. The van der Waals surface area contributed by atoms with Crippen molar-refractivity contribution in [1.29, 1.82) is 5.26 Å². The summed E-state index contributed by atoms with van der Waals surface area (Å²) in [6.07, 6.45) is 0.679. The van der Waals surface area contributed by atoms with Crippen LogP contribution in [0.15, 0.2) is 46.9 Å². The number of rotatable bonds is 5. The van der Waals surface area contributed by atoms with Crippen LogP contribution in [0.1, 0.15) is 38.8 Å². The van der Waals surface area contributed by atoms with E-state index in [1.807, 2.05) is 48.9 Å². The Bertz CT molecular complexity index is 1330. The number of halogens is 1. The predicted octanol–water partition coefficient (Wildman–Crippen LogP) is 3.75. The molecule has 0 radical (unpaired) electrons. The Morgan fingerprint density at radius 2 is 1.94 bits per heavy atom. The van der Waals surface area contributed by atoms with Gasteiger partial charge in [0.15, 0.2) is 0 Å². The molecule has 0 saturated carbocycles. The number of aryl methyl sites for hydroxylation is 1. The van der Waals surface area contributed by atoms with Gasteiger partial charge in [0.05, 0.1) is 22.0 Å². The van der Waals surface area contributed by atoms with Crippen molar-refractivity contribution in [3.8, 4) is 23.2 Å². The van der Waals surface area contributed by atoms with Crippen LogP contribution < -0.4 is 5.73 Å². The minimum absolute atomic E-state index is 0.222. The molecule has 0 aliphatic carbocycles. The SMILES string of the molecule is Cc1nn(-c2ccc(C#N)c(Cl)c2)c(C)c1Cc1ccc(-c2nnc(C(N)=O)o2)cc1. The van der Waals surface area contributed by atoms with E-state index in [9.17, 15) is 4.79 Å². The van der Waals surface area contributed by atoms with E-state index in [0.29, 0.717) is 22.6 Å². The molecule has 2 aromatic carbocycles. The lowest BCUT2D eigenvalue weighted by Gasteiger charge is -2.07. The Morgan fingerprint density at radius 1 is 1.19 bits per heavy atom. The molecule has 1 amide bonds. The van der Waals surface area contributed by atoms with E-state index in [1.165, 1.54) is 0 Å². The molecular formula is C22H17ClN6O2. The first-order valence-electron chi connectivity index (χ1n) is 9.35. The average molecular weight is 433 g/mol. The van der Waals surface area contributed by atoms with Gasteiger partial charge in [-0.25, -0.2) is 4.68 Å². The van der Waals surface area contributed by atoms with E-state index >= 15 is 0 Å². The van der Waals surface area contributed by atoms with Gasteiger partial charge in [0.1, 0.15) is 6.07 Å². The number of benzene rings is 2. The van der Waals surface area contributed by atoms with Crippen molar-refractivity contribution < 1.29 is 9.21 Å². The van der Waals surface area contributed by atoms with Gasteiger partial charge in [-0.05, 0) is 49.7 Å². The first-order chi connectivity index (χ1) is 14.9. The van der Waals surface area contributed by atoms with Crippen molar-refractivity contribution in [2.45, 2.75) is 20.3 Å². The van der Waals surface area contributed by atoms with E-state index in [0.717, 1.165) is 28.2 Å². The number of hydrogen-bond acceptors (Lipinski definition) is 6. The molecule has 0 aliphatic heterocycles. The number of primary amides is 1. The van der Waals surface area contributed by atoms with Gasteiger partial charge in [-0.2, -0.15) is 10.4 Å². The molecule has 0 saturated heterocycles. The van der Waals surface area contributed by atoms with Gasteiger partial charge in [-0.1, -0.05) is 23.7 Å². The summed E-state index contributed by atoms with van der Waals surface area (Å²) in [5.41, 5.74) is 11.1. The number of hydrogen-bond donors (Lipinski definition) is 1. The zero-order chi connectivity index (χ0) is 22.1. The zero-order valence-electron chi connectivity index (χ0n) is 16.8. The zero-order valence-corrected chi connectivity index (χ0v) is 17.5. The van der Waals surface area contributed by atoms with Crippen LogP contribution in [0.2, 0.25) is 5.02 Å².